The smallest absolute Gasteiger partial charge is 0.370 e. The van der Waals surface area contributed by atoms with E-state index in [1.54, 1.807) is 0 Å². The summed E-state index contributed by atoms with van der Waals surface area (Å²) in [4.78, 5) is 13.8. The molecule has 1 aromatic rings. The van der Waals surface area contributed by atoms with Gasteiger partial charge in [-0.05, 0) is 30.9 Å². The van der Waals surface area contributed by atoms with Gasteiger partial charge in [0, 0.05) is 18.2 Å². The second kappa shape index (κ2) is 6.20. The Morgan fingerprint density at radius 3 is 2.59 bits per heavy atom. The molecule has 1 aliphatic rings. The quantitative estimate of drug-likeness (QED) is 0.386. The second-order valence-corrected chi connectivity index (χ2v) is 5.12. The van der Waals surface area contributed by atoms with E-state index in [0.29, 0.717) is 6.07 Å². The minimum atomic E-state index is -4.65. The van der Waals surface area contributed by atoms with Gasteiger partial charge in [-0.3, -0.25) is 10.1 Å². The van der Waals surface area contributed by atoms with Crippen LogP contribution in [-0.2, 0) is 12.7 Å². The molecule has 120 valence electrons. The Morgan fingerprint density at radius 1 is 1.41 bits per heavy atom. The van der Waals surface area contributed by atoms with Crippen molar-refractivity contribution in [3.8, 4) is 0 Å². The highest BCUT2D eigenvalue weighted by atomic mass is 19.4. The number of nitrogens with one attached hydrogen (secondary N) is 1. The highest BCUT2D eigenvalue weighted by Crippen LogP contribution is 2.32. The van der Waals surface area contributed by atoms with Crippen molar-refractivity contribution in [2.45, 2.75) is 38.0 Å². The van der Waals surface area contributed by atoms with Crippen molar-refractivity contribution in [3.63, 3.8) is 0 Å². The van der Waals surface area contributed by atoms with Crippen molar-refractivity contribution < 1.29 is 18.1 Å². The van der Waals surface area contributed by atoms with Gasteiger partial charge in [0.1, 0.15) is 0 Å². The van der Waals surface area contributed by atoms with E-state index in [0.717, 1.165) is 31.4 Å². The van der Waals surface area contributed by atoms with Crippen molar-refractivity contribution in [3.05, 3.63) is 39.4 Å². The van der Waals surface area contributed by atoms with Crippen LogP contribution in [0, 0.1) is 10.1 Å². The molecule has 3 N–H and O–H groups in total. The third kappa shape index (κ3) is 4.09. The lowest BCUT2D eigenvalue weighted by molar-refractivity contribution is -0.385. The van der Waals surface area contributed by atoms with Crippen LogP contribution in [0.2, 0.25) is 0 Å². The van der Waals surface area contributed by atoms with Crippen molar-refractivity contribution in [1.29, 1.82) is 0 Å². The first-order valence-corrected chi connectivity index (χ1v) is 6.67. The SMILES string of the molecule is NC(=NCc1cc([N+](=O)[O-])cc(C(F)(F)F)c1)NC1CCC1. The van der Waals surface area contributed by atoms with E-state index in [4.69, 9.17) is 5.73 Å². The van der Waals surface area contributed by atoms with Gasteiger partial charge < -0.3 is 11.1 Å². The van der Waals surface area contributed by atoms with Crippen molar-refractivity contribution in [2.24, 2.45) is 10.7 Å². The third-order valence-electron chi connectivity index (χ3n) is 3.40. The second-order valence-electron chi connectivity index (χ2n) is 5.12. The molecular weight excluding hydrogens is 301 g/mol. The number of nitrogens with zero attached hydrogens (tertiary/aromatic N) is 2. The summed E-state index contributed by atoms with van der Waals surface area (Å²) in [7, 11) is 0. The van der Waals surface area contributed by atoms with Crippen LogP contribution in [0.3, 0.4) is 0 Å². The Kier molecular flexibility index (Phi) is 4.53. The summed E-state index contributed by atoms with van der Waals surface area (Å²) in [5, 5.41) is 13.7. The maximum absolute atomic E-state index is 12.7. The molecule has 22 heavy (non-hydrogen) atoms. The molecule has 0 bridgehead atoms. The number of guanidine groups is 1. The molecule has 0 radical (unpaired) electrons. The van der Waals surface area contributed by atoms with Gasteiger partial charge in [0.15, 0.2) is 5.96 Å². The molecular formula is C13H15F3N4O2. The Hall–Kier alpha value is -2.32. The predicted octanol–water partition coefficient (Wildman–Crippen LogP) is 2.57. The monoisotopic (exact) mass is 316 g/mol. The lowest BCUT2D eigenvalue weighted by Crippen LogP contribution is -2.43. The average Bonchev–Trinajstić information content (AvgIpc) is 2.39. The van der Waals surface area contributed by atoms with Gasteiger partial charge in [-0.1, -0.05) is 0 Å². The highest BCUT2D eigenvalue weighted by Gasteiger charge is 2.32. The van der Waals surface area contributed by atoms with Crippen LogP contribution in [0.15, 0.2) is 23.2 Å². The first-order valence-electron chi connectivity index (χ1n) is 6.67. The van der Waals surface area contributed by atoms with E-state index < -0.39 is 22.4 Å². The maximum Gasteiger partial charge on any atom is 0.416 e. The molecule has 1 saturated carbocycles. The lowest BCUT2D eigenvalue weighted by atomic mass is 9.93. The molecule has 0 unspecified atom stereocenters. The maximum atomic E-state index is 12.7. The van der Waals surface area contributed by atoms with E-state index in [1.165, 1.54) is 0 Å². The van der Waals surface area contributed by atoms with Crippen molar-refractivity contribution in [1.82, 2.24) is 5.32 Å². The standard InChI is InChI=1S/C13H15F3N4O2/c14-13(15,16)9-4-8(5-11(6-9)20(21)22)7-18-12(17)19-10-2-1-3-10/h4-6,10H,1-3,7H2,(H3,17,18,19). The molecule has 0 aliphatic heterocycles. The molecule has 0 aromatic heterocycles. The van der Waals surface area contributed by atoms with Crippen molar-refractivity contribution >= 4 is 11.6 Å². The number of nitrogens with two attached hydrogens (primary N) is 1. The van der Waals surface area contributed by atoms with E-state index in [-0.39, 0.29) is 24.1 Å². The molecule has 1 fully saturated rings. The van der Waals surface area contributed by atoms with Gasteiger partial charge in [0.05, 0.1) is 17.0 Å². The Labute approximate surface area is 124 Å². The number of alkyl halides is 3. The molecule has 0 spiro atoms. The van der Waals surface area contributed by atoms with Crippen LogP contribution in [-0.4, -0.2) is 16.9 Å². The van der Waals surface area contributed by atoms with Gasteiger partial charge in [-0.15, -0.1) is 0 Å². The Bertz CT molecular complexity index is 597. The topological polar surface area (TPSA) is 93.5 Å². The fourth-order valence-electron chi connectivity index (χ4n) is 2.02. The average molecular weight is 316 g/mol. The summed E-state index contributed by atoms with van der Waals surface area (Å²) in [5.41, 5.74) is 4.03. The number of non-ortho nitro benzene ring substituents is 1. The van der Waals surface area contributed by atoms with Gasteiger partial charge in [0.25, 0.3) is 5.69 Å². The number of aliphatic imine (C=N–C) groups is 1. The number of nitro benzene ring substituents is 1. The zero-order chi connectivity index (χ0) is 16.3. The van der Waals surface area contributed by atoms with Crippen LogP contribution in [0.4, 0.5) is 18.9 Å². The molecule has 0 heterocycles. The van der Waals surface area contributed by atoms with Crippen molar-refractivity contribution in [2.75, 3.05) is 0 Å². The van der Waals surface area contributed by atoms with E-state index >= 15 is 0 Å². The summed E-state index contributed by atoms with van der Waals surface area (Å²) in [6, 6.07) is 2.66. The molecule has 6 nitrogen and oxygen atoms in total. The number of rotatable bonds is 4. The summed E-state index contributed by atoms with van der Waals surface area (Å²) in [6.45, 7) is -0.156. The normalized spacial score (nSPS) is 16.2. The number of nitro groups is 1. The molecule has 1 aromatic carbocycles. The first kappa shape index (κ1) is 16.1. The minimum absolute atomic E-state index is 0.0832. The number of hydrogen-bond donors (Lipinski definition) is 2. The van der Waals surface area contributed by atoms with Crippen LogP contribution in [0.25, 0.3) is 0 Å². The highest BCUT2D eigenvalue weighted by molar-refractivity contribution is 5.78. The zero-order valence-corrected chi connectivity index (χ0v) is 11.6. The van der Waals surface area contributed by atoms with Crippen LogP contribution in [0.5, 0.6) is 0 Å². The fourth-order valence-corrected chi connectivity index (χ4v) is 2.02. The predicted molar refractivity (Wildman–Crippen MR) is 74.2 cm³/mol. The van der Waals surface area contributed by atoms with Gasteiger partial charge in [-0.25, -0.2) is 4.99 Å². The van der Waals surface area contributed by atoms with E-state index in [2.05, 4.69) is 10.3 Å². The zero-order valence-electron chi connectivity index (χ0n) is 11.6. The van der Waals surface area contributed by atoms with E-state index in [1.807, 2.05) is 0 Å². The summed E-state index contributed by atoms with van der Waals surface area (Å²) in [5.74, 6) is 0.129. The summed E-state index contributed by atoms with van der Waals surface area (Å²) < 4.78 is 38.2. The molecule has 9 heteroatoms. The minimum Gasteiger partial charge on any atom is -0.370 e. The summed E-state index contributed by atoms with van der Waals surface area (Å²) >= 11 is 0. The third-order valence-corrected chi connectivity index (χ3v) is 3.40. The number of benzene rings is 1. The fraction of sp³-hybridized carbons (Fsp3) is 0.462. The number of halogens is 3. The molecule has 0 atom stereocenters. The molecule has 0 amide bonds. The largest absolute Gasteiger partial charge is 0.416 e. The summed E-state index contributed by atoms with van der Waals surface area (Å²) in [6.07, 6.45) is -1.60. The van der Waals surface area contributed by atoms with Crippen LogP contribution >= 0.6 is 0 Å². The van der Waals surface area contributed by atoms with E-state index in [9.17, 15) is 23.3 Å². The lowest BCUT2D eigenvalue weighted by Gasteiger charge is -2.26. The molecule has 1 aliphatic carbocycles. The molecule has 0 saturated heterocycles. The van der Waals surface area contributed by atoms with Crippen LogP contribution < -0.4 is 11.1 Å². The van der Waals surface area contributed by atoms with Gasteiger partial charge >= 0.3 is 6.18 Å². The number of hydrogen-bond acceptors (Lipinski definition) is 3. The first-order chi connectivity index (χ1) is 10.3. The van der Waals surface area contributed by atoms with Gasteiger partial charge in [-0.2, -0.15) is 13.2 Å². The van der Waals surface area contributed by atoms with Gasteiger partial charge in [0.2, 0.25) is 0 Å². The van der Waals surface area contributed by atoms with Crippen LogP contribution in [0.1, 0.15) is 30.4 Å². The Balaban J connectivity index is 2.16. The Morgan fingerprint density at radius 2 is 2.09 bits per heavy atom. The molecule has 2 rings (SSSR count).